The molecule has 0 bridgehead atoms. The van der Waals surface area contributed by atoms with Crippen molar-refractivity contribution in [3.63, 3.8) is 0 Å². The summed E-state index contributed by atoms with van der Waals surface area (Å²) in [5.74, 6) is 0.401. The number of para-hydroxylation sites is 2. The minimum absolute atomic E-state index is 0.277. The van der Waals surface area contributed by atoms with Crippen LogP contribution in [-0.4, -0.2) is 19.9 Å². The second-order valence-electron chi connectivity index (χ2n) is 5.02. The molecule has 0 saturated heterocycles. The van der Waals surface area contributed by atoms with E-state index in [0.29, 0.717) is 22.8 Å². The fourth-order valence-corrected chi connectivity index (χ4v) is 2.34. The molecule has 2 heterocycles. The van der Waals surface area contributed by atoms with Gasteiger partial charge >= 0.3 is 0 Å². The zero-order valence-corrected chi connectivity index (χ0v) is 11.9. The van der Waals surface area contributed by atoms with Gasteiger partial charge in [0, 0.05) is 11.6 Å². The summed E-state index contributed by atoms with van der Waals surface area (Å²) >= 11 is 0. The van der Waals surface area contributed by atoms with E-state index in [9.17, 15) is 4.39 Å². The minimum Gasteiger partial charge on any atom is -0.382 e. The molecule has 0 atom stereocenters. The first kappa shape index (κ1) is 13.4. The maximum Gasteiger partial charge on any atom is 0.161 e. The van der Waals surface area contributed by atoms with Gasteiger partial charge < -0.3 is 10.7 Å². The monoisotopic (exact) mass is 304 g/mol. The second kappa shape index (κ2) is 5.17. The van der Waals surface area contributed by atoms with Crippen LogP contribution in [0.15, 0.2) is 48.7 Å². The number of hydrogen-bond acceptors (Lipinski definition) is 4. The highest BCUT2D eigenvalue weighted by molar-refractivity contribution is 5.80. The second-order valence-corrected chi connectivity index (χ2v) is 5.02. The fourth-order valence-electron chi connectivity index (χ4n) is 2.34. The number of rotatable bonds is 2. The summed E-state index contributed by atoms with van der Waals surface area (Å²) in [6, 6.07) is 14.6. The SMILES string of the molecule is Nc1ncc(-c2c[c]c(F)cc2)nc1-c1nc2ccccc2[nH]1. The van der Waals surface area contributed by atoms with Crippen molar-refractivity contribution in [1.82, 2.24) is 19.9 Å². The Morgan fingerprint density at radius 1 is 1.09 bits per heavy atom. The summed E-state index contributed by atoms with van der Waals surface area (Å²) in [6.45, 7) is 0. The van der Waals surface area contributed by atoms with Crippen molar-refractivity contribution in [2.24, 2.45) is 0 Å². The normalized spacial score (nSPS) is 11.0. The lowest BCUT2D eigenvalue weighted by Crippen LogP contribution is -2.00. The number of halogens is 1. The van der Waals surface area contributed by atoms with Crippen molar-refractivity contribution in [3.8, 4) is 22.8 Å². The predicted molar refractivity (Wildman–Crippen MR) is 85.8 cm³/mol. The summed E-state index contributed by atoms with van der Waals surface area (Å²) in [5.41, 5.74) is 9.40. The molecular weight excluding hydrogens is 293 g/mol. The van der Waals surface area contributed by atoms with Crippen molar-refractivity contribution >= 4 is 16.9 Å². The number of nitrogens with zero attached hydrogens (tertiary/aromatic N) is 3. The molecule has 2 aromatic carbocycles. The van der Waals surface area contributed by atoms with E-state index in [1.807, 2.05) is 24.3 Å². The molecule has 3 N–H and O–H groups in total. The Bertz CT molecular complexity index is 958. The number of imidazole rings is 1. The molecule has 0 amide bonds. The quantitative estimate of drug-likeness (QED) is 0.596. The average molecular weight is 304 g/mol. The molecule has 0 unspecified atom stereocenters. The summed E-state index contributed by atoms with van der Waals surface area (Å²) < 4.78 is 13.0. The van der Waals surface area contributed by atoms with Crippen molar-refractivity contribution in [2.75, 3.05) is 5.73 Å². The number of aromatic nitrogens is 4. The van der Waals surface area contributed by atoms with Crippen LogP contribution in [0.5, 0.6) is 0 Å². The number of benzene rings is 2. The molecule has 2 aromatic heterocycles. The number of nitrogen functional groups attached to an aromatic ring is 1. The Morgan fingerprint density at radius 3 is 2.74 bits per heavy atom. The van der Waals surface area contributed by atoms with Crippen LogP contribution >= 0.6 is 0 Å². The molecule has 0 aliphatic rings. The van der Waals surface area contributed by atoms with Crippen molar-refractivity contribution in [3.05, 3.63) is 60.5 Å². The molecule has 6 heteroatoms. The average Bonchev–Trinajstić information content (AvgIpc) is 3.00. The van der Waals surface area contributed by atoms with Crippen molar-refractivity contribution in [1.29, 1.82) is 0 Å². The van der Waals surface area contributed by atoms with Gasteiger partial charge in [-0.2, -0.15) is 0 Å². The Labute approximate surface area is 131 Å². The van der Waals surface area contributed by atoms with Gasteiger partial charge in [0.2, 0.25) is 0 Å². The maximum atomic E-state index is 13.0. The number of H-pyrrole nitrogens is 1. The van der Waals surface area contributed by atoms with Gasteiger partial charge in [0.05, 0.1) is 22.9 Å². The molecule has 0 fully saturated rings. The highest BCUT2D eigenvalue weighted by atomic mass is 19.1. The first-order valence-electron chi connectivity index (χ1n) is 6.96. The Hall–Kier alpha value is -3.28. The largest absolute Gasteiger partial charge is 0.382 e. The van der Waals surface area contributed by atoms with E-state index >= 15 is 0 Å². The molecule has 23 heavy (non-hydrogen) atoms. The number of hydrogen-bond donors (Lipinski definition) is 2. The molecule has 0 spiro atoms. The number of nitrogens with two attached hydrogens (primary N) is 1. The van der Waals surface area contributed by atoms with Crippen LogP contribution in [0.2, 0.25) is 0 Å². The summed E-state index contributed by atoms with van der Waals surface area (Å²) in [4.78, 5) is 16.4. The summed E-state index contributed by atoms with van der Waals surface area (Å²) in [5, 5.41) is 0. The van der Waals surface area contributed by atoms with E-state index in [1.165, 1.54) is 12.1 Å². The summed E-state index contributed by atoms with van der Waals surface area (Å²) in [7, 11) is 0. The van der Waals surface area contributed by atoms with E-state index in [1.54, 1.807) is 12.3 Å². The smallest absolute Gasteiger partial charge is 0.161 e. The first-order chi connectivity index (χ1) is 11.2. The molecular formula is C17H11FN5. The molecule has 4 rings (SSSR count). The van der Waals surface area contributed by atoms with Crippen LogP contribution in [0.4, 0.5) is 10.2 Å². The predicted octanol–water partition coefficient (Wildman–Crippen LogP) is 3.21. The lowest BCUT2D eigenvalue weighted by molar-refractivity contribution is 0.626. The van der Waals surface area contributed by atoms with Gasteiger partial charge in [-0.25, -0.2) is 19.3 Å². The molecule has 0 aliphatic heterocycles. The van der Waals surface area contributed by atoms with Crippen molar-refractivity contribution in [2.45, 2.75) is 0 Å². The van der Waals surface area contributed by atoms with Gasteiger partial charge in [-0.3, -0.25) is 0 Å². The zero-order valence-electron chi connectivity index (χ0n) is 11.9. The van der Waals surface area contributed by atoms with Crippen LogP contribution in [0, 0.1) is 11.9 Å². The van der Waals surface area contributed by atoms with Gasteiger partial charge in [0.15, 0.2) is 11.6 Å². The number of anilines is 1. The van der Waals surface area contributed by atoms with E-state index in [0.717, 1.165) is 11.0 Å². The Balaban J connectivity index is 1.84. The standard InChI is InChI=1S/C17H11FN5/c18-11-7-5-10(6-8-11)14-9-20-16(19)15(21-14)17-22-12-3-1-2-4-13(12)23-17/h1-7,9H,(H2,19,20)(H,22,23). The summed E-state index contributed by atoms with van der Waals surface area (Å²) in [6.07, 6.45) is 1.54. The highest BCUT2D eigenvalue weighted by Crippen LogP contribution is 2.25. The van der Waals surface area contributed by atoms with Crippen LogP contribution in [-0.2, 0) is 0 Å². The van der Waals surface area contributed by atoms with Gasteiger partial charge in [-0.15, -0.1) is 0 Å². The lowest BCUT2D eigenvalue weighted by atomic mass is 10.1. The molecule has 0 saturated carbocycles. The molecule has 5 nitrogen and oxygen atoms in total. The van der Waals surface area contributed by atoms with Gasteiger partial charge in [-0.1, -0.05) is 12.1 Å². The third-order valence-corrected chi connectivity index (χ3v) is 3.49. The van der Waals surface area contributed by atoms with E-state index in [2.05, 4.69) is 26.0 Å². The van der Waals surface area contributed by atoms with Crippen LogP contribution in [0.25, 0.3) is 33.8 Å². The minimum atomic E-state index is -0.422. The van der Waals surface area contributed by atoms with Crippen LogP contribution < -0.4 is 5.73 Å². The van der Waals surface area contributed by atoms with E-state index in [-0.39, 0.29) is 5.82 Å². The maximum absolute atomic E-state index is 13.0. The van der Waals surface area contributed by atoms with Crippen LogP contribution in [0.3, 0.4) is 0 Å². The molecule has 4 aromatic rings. The van der Waals surface area contributed by atoms with Crippen LogP contribution in [0.1, 0.15) is 0 Å². The first-order valence-corrected chi connectivity index (χ1v) is 6.96. The Morgan fingerprint density at radius 2 is 1.96 bits per heavy atom. The molecule has 111 valence electrons. The van der Waals surface area contributed by atoms with Crippen molar-refractivity contribution < 1.29 is 4.39 Å². The third-order valence-electron chi connectivity index (χ3n) is 3.49. The van der Waals surface area contributed by atoms with E-state index in [4.69, 9.17) is 5.73 Å². The highest BCUT2D eigenvalue weighted by Gasteiger charge is 2.13. The van der Waals surface area contributed by atoms with Gasteiger partial charge in [-0.05, 0) is 30.3 Å². The number of fused-ring (bicyclic) bond motifs is 1. The van der Waals surface area contributed by atoms with E-state index < -0.39 is 5.82 Å². The third kappa shape index (κ3) is 2.40. The fraction of sp³-hybridized carbons (Fsp3) is 0. The molecule has 1 radical (unpaired) electrons. The topological polar surface area (TPSA) is 80.5 Å². The molecule has 0 aliphatic carbocycles. The Kier molecular flexibility index (Phi) is 3.01. The van der Waals surface area contributed by atoms with Gasteiger partial charge in [0.1, 0.15) is 11.5 Å². The number of aromatic amines is 1. The van der Waals surface area contributed by atoms with Gasteiger partial charge in [0.25, 0.3) is 0 Å². The lowest BCUT2D eigenvalue weighted by Gasteiger charge is -2.05. The zero-order chi connectivity index (χ0) is 15.8. The number of nitrogens with one attached hydrogen (secondary N) is 1.